The molecular weight excluding hydrogens is 240 g/mol. The number of aryl methyl sites for hydroxylation is 2. The van der Waals surface area contributed by atoms with E-state index in [4.69, 9.17) is 4.42 Å². The number of hydrogen-bond donors (Lipinski definition) is 2. The molecule has 0 fully saturated rings. The van der Waals surface area contributed by atoms with Crippen LogP contribution in [0.25, 0.3) is 0 Å². The molecule has 0 aromatic carbocycles. The standard InChI is InChI=1S/C11H20N2O3S/c1-7(2)13-17(14,15)11-9(4)16-8(3)10(11)6-12-5/h7,12-13H,6H2,1-5H3. The van der Waals surface area contributed by atoms with Gasteiger partial charge in [0.1, 0.15) is 16.4 Å². The molecule has 0 bridgehead atoms. The predicted octanol–water partition coefficient (Wildman–Crippen LogP) is 1.30. The number of furan rings is 1. The van der Waals surface area contributed by atoms with Crippen LogP contribution in [-0.2, 0) is 16.6 Å². The van der Waals surface area contributed by atoms with Crippen LogP contribution in [0.2, 0.25) is 0 Å². The minimum atomic E-state index is -3.51. The molecule has 17 heavy (non-hydrogen) atoms. The summed E-state index contributed by atoms with van der Waals surface area (Å²) in [6, 6.07) is -0.142. The van der Waals surface area contributed by atoms with Crippen molar-refractivity contribution >= 4 is 10.0 Å². The molecule has 0 spiro atoms. The summed E-state index contributed by atoms with van der Waals surface area (Å²) in [4.78, 5) is 0.262. The Labute approximate surface area is 103 Å². The highest BCUT2D eigenvalue weighted by Crippen LogP contribution is 2.26. The van der Waals surface area contributed by atoms with Gasteiger partial charge in [0, 0.05) is 18.2 Å². The molecule has 1 aromatic heterocycles. The van der Waals surface area contributed by atoms with Gasteiger partial charge in [-0.2, -0.15) is 0 Å². The molecule has 0 aliphatic carbocycles. The second-order valence-corrected chi connectivity index (χ2v) is 5.98. The van der Waals surface area contributed by atoms with E-state index in [9.17, 15) is 8.42 Å². The van der Waals surface area contributed by atoms with Crippen molar-refractivity contribution in [2.24, 2.45) is 0 Å². The Morgan fingerprint density at radius 1 is 1.24 bits per heavy atom. The maximum absolute atomic E-state index is 12.2. The van der Waals surface area contributed by atoms with Gasteiger partial charge in [0.05, 0.1) is 0 Å². The lowest BCUT2D eigenvalue weighted by atomic mass is 10.2. The zero-order chi connectivity index (χ0) is 13.2. The number of nitrogens with one attached hydrogen (secondary N) is 2. The SMILES string of the molecule is CNCc1c(C)oc(C)c1S(=O)(=O)NC(C)C. The van der Waals surface area contributed by atoms with Gasteiger partial charge in [0.15, 0.2) is 0 Å². The smallest absolute Gasteiger partial charge is 0.244 e. The first-order chi connectivity index (χ1) is 7.79. The molecule has 1 heterocycles. The van der Waals surface area contributed by atoms with Crippen molar-refractivity contribution in [3.8, 4) is 0 Å². The van der Waals surface area contributed by atoms with Gasteiger partial charge >= 0.3 is 0 Å². The molecule has 0 saturated carbocycles. The second-order valence-electron chi connectivity index (χ2n) is 4.33. The summed E-state index contributed by atoms with van der Waals surface area (Å²) in [5, 5.41) is 2.95. The first-order valence-electron chi connectivity index (χ1n) is 5.55. The molecule has 0 aliphatic rings. The molecule has 5 nitrogen and oxygen atoms in total. The summed E-state index contributed by atoms with van der Waals surface area (Å²) in [7, 11) is -1.73. The van der Waals surface area contributed by atoms with Crippen LogP contribution in [0, 0.1) is 13.8 Å². The summed E-state index contributed by atoms with van der Waals surface area (Å²) in [5.74, 6) is 1.07. The third-order valence-electron chi connectivity index (χ3n) is 2.34. The lowest BCUT2D eigenvalue weighted by molar-refractivity contribution is 0.493. The lowest BCUT2D eigenvalue weighted by Crippen LogP contribution is -2.31. The molecule has 0 amide bonds. The van der Waals surface area contributed by atoms with Crippen molar-refractivity contribution in [1.29, 1.82) is 0 Å². The van der Waals surface area contributed by atoms with Crippen molar-refractivity contribution in [2.75, 3.05) is 7.05 Å². The van der Waals surface area contributed by atoms with Crippen LogP contribution in [0.5, 0.6) is 0 Å². The largest absolute Gasteiger partial charge is 0.465 e. The van der Waals surface area contributed by atoms with Crippen LogP contribution in [-0.4, -0.2) is 21.5 Å². The van der Waals surface area contributed by atoms with Crippen molar-refractivity contribution in [1.82, 2.24) is 10.0 Å². The van der Waals surface area contributed by atoms with E-state index in [2.05, 4.69) is 10.0 Å². The van der Waals surface area contributed by atoms with Gasteiger partial charge in [-0.1, -0.05) is 0 Å². The van der Waals surface area contributed by atoms with E-state index in [0.717, 1.165) is 0 Å². The van der Waals surface area contributed by atoms with Gasteiger partial charge in [-0.05, 0) is 34.7 Å². The highest BCUT2D eigenvalue weighted by Gasteiger charge is 2.26. The molecule has 98 valence electrons. The first-order valence-corrected chi connectivity index (χ1v) is 7.03. The summed E-state index contributed by atoms with van der Waals surface area (Å²) in [6.07, 6.45) is 0. The molecule has 0 saturated heterocycles. The quantitative estimate of drug-likeness (QED) is 0.837. The number of sulfonamides is 1. The van der Waals surface area contributed by atoms with Gasteiger partial charge in [-0.3, -0.25) is 0 Å². The topological polar surface area (TPSA) is 71.3 Å². The Hall–Kier alpha value is -0.850. The Morgan fingerprint density at radius 2 is 1.82 bits per heavy atom. The number of rotatable bonds is 5. The average Bonchev–Trinajstić information content (AvgIpc) is 2.40. The molecular formula is C11H20N2O3S. The zero-order valence-electron chi connectivity index (χ0n) is 10.9. The van der Waals surface area contributed by atoms with Crippen molar-refractivity contribution in [3.63, 3.8) is 0 Å². The van der Waals surface area contributed by atoms with Gasteiger partial charge in [-0.25, -0.2) is 13.1 Å². The van der Waals surface area contributed by atoms with Crippen LogP contribution in [0.15, 0.2) is 9.31 Å². The van der Waals surface area contributed by atoms with Crippen LogP contribution in [0.1, 0.15) is 30.9 Å². The fourth-order valence-corrected chi connectivity index (χ4v) is 3.51. The van der Waals surface area contributed by atoms with Crippen LogP contribution >= 0.6 is 0 Å². The molecule has 0 unspecified atom stereocenters. The minimum absolute atomic E-state index is 0.142. The van der Waals surface area contributed by atoms with Crippen molar-refractivity contribution < 1.29 is 12.8 Å². The van der Waals surface area contributed by atoms with Gasteiger partial charge < -0.3 is 9.73 Å². The average molecular weight is 260 g/mol. The predicted molar refractivity (Wildman–Crippen MR) is 66.4 cm³/mol. The Kier molecular flexibility index (Phi) is 4.35. The van der Waals surface area contributed by atoms with E-state index in [-0.39, 0.29) is 10.9 Å². The maximum atomic E-state index is 12.2. The van der Waals surface area contributed by atoms with E-state index < -0.39 is 10.0 Å². The Balaban J connectivity index is 3.29. The van der Waals surface area contributed by atoms with Crippen LogP contribution in [0.3, 0.4) is 0 Å². The van der Waals surface area contributed by atoms with E-state index in [1.807, 2.05) is 0 Å². The van der Waals surface area contributed by atoms with Gasteiger partial charge in [-0.15, -0.1) is 0 Å². The summed E-state index contributed by atoms with van der Waals surface area (Å²) >= 11 is 0. The number of hydrogen-bond acceptors (Lipinski definition) is 4. The van der Waals surface area contributed by atoms with E-state index in [1.54, 1.807) is 34.7 Å². The van der Waals surface area contributed by atoms with Crippen molar-refractivity contribution in [2.45, 2.75) is 45.2 Å². The fourth-order valence-electron chi connectivity index (χ4n) is 1.81. The molecule has 1 rings (SSSR count). The fraction of sp³-hybridized carbons (Fsp3) is 0.636. The van der Waals surface area contributed by atoms with E-state index >= 15 is 0 Å². The van der Waals surface area contributed by atoms with Crippen molar-refractivity contribution in [3.05, 3.63) is 17.1 Å². The molecule has 0 radical (unpaired) electrons. The monoisotopic (exact) mass is 260 g/mol. The van der Waals surface area contributed by atoms with Gasteiger partial charge in [0.2, 0.25) is 10.0 Å². The summed E-state index contributed by atoms with van der Waals surface area (Å²) in [5.41, 5.74) is 0.693. The summed E-state index contributed by atoms with van der Waals surface area (Å²) in [6.45, 7) is 7.49. The molecule has 2 N–H and O–H groups in total. The normalized spacial score (nSPS) is 12.4. The van der Waals surface area contributed by atoms with Gasteiger partial charge in [0.25, 0.3) is 0 Å². The van der Waals surface area contributed by atoms with E-state index in [0.29, 0.717) is 23.6 Å². The lowest BCUT2D eigenvalue weighted by Gasteiger charge is -2.10. The Bertz CT molecular complexity index is 489. The first kappa shape index (κ1) is 14.2. The molecule has 1 aromatic rings. The summed E-state index contributed by atoms with van der Waals surface area (Å²) < 4.78 is 32.3. The maximum Gasteiger partial charge on any atom is 0.244 e. The zero-order valence-corrected chi connectivity index (χ0v) is 11.7. The Morgan fingerprint density at radius 3 is 2.29 bits per heavy atom. The highest BCUT2D eigenvalue weighted by atomic mass is 32.2. The third kappa shape index (κ3) is 3.08. The van der Waals surface area contributed by atoms with E-state index in [1.165, 1.54) is 0 Å². The van der Waals surface area contributed by atoms with Crippen LogP contribution in [0.4, 0.5) is 0 Å². The highest BCUT2D eigenvalue weighted by molar-refractivity contribution is 7.89. The second kappa shape index (κ2) is 5.20. The molecule has 6 heteroatoms. The molecule has 0 atom stereocenters. The van der Waals surface area contributed by atoms with Crippen LogP contribution < -0.4 is 10.0 Å². The molecule has 0 aliphatic heterocycles. The third-order valence-corrected chi connectivity index (χ3v) is 4.19. The minimum Gasteiger partial charge on any atom is -0.465 e.